The quantitative estimate of drug-likeness (QED) is 0.693. The fourth-order valence-corrected chi connectivity index (χ4v) is 3.04. The highest BCUT2D eigenvalue weighted by atomic mass is 15.2. The monoisotopic (exact) mass is 269 g/mol. The second-order valence-electron chi connectivity index (χ2n) is 6.81. The lowest BCUT2D eigenvalue weighted by Gasteiger charge is -2.31. The molecule has 2 atom stereocenters. The van der Waals surface area contributed by atoms with Crippen LogP contribution in [0.2, 0.25) is 0 Å². The topological polar surface area (TPSA) is 18.5 Å². The van der Waals surface area contributed by atoms with Gasteiger partial charge in [0.05, 0.1) is 0 Å². The zero-order valence-electron chi connectivity index (χ0n) is 13.8. The van der Waals surface area contributed by atoms with Crippen molar-refractivity contribution in [1.82, 2.24) is 15.1 Å². The largest absolute Gasteiger partial charge is 0.314 e. The molecule has 3 heteroatoms. The molecule has 0 aromatic heterocycles. The second kappa shape index (κ2) is 8.93. The van der Waals surface area contributed by atoms with E-state index >= 15 is 0 Å². The van der Waals surface area contributed by atoms with Crippen LogP contribution in [0.5, 0.6) is 0 Å². The lowest BCUT2D eigenvalue weighted by molar-refractivity contribution is 0.160. The second-order valence-corrected chi connectivity index (χ2v) is 6.81. The Bertz CT molecular complexity index is 228. The van der Waals surface area contributed by atoms with Gasteiger partial charge in [-0.05, 0) is 52.2 Å². The first-order valence-electron chi connectivity index (χ1n) is 8.15. The highest BCUT2D eigenvalue weighted by molar-refractivity contribution is 4.87. The van der Waals surface area contributed by atoms with Crippen molar-refractivity contribution in [2.45, 2.75) is 58.5 Å². The summed E-state index contributed by atoms with van der Waals surface area (Å²) in [5, 5.41) is 3.70. The Morgan fingerprint density at radius 2 is 1.89 bits per heavy atom. The molecule has 1 N–H and O–H groups in total. The Hall–Kier alpha value is -0.120. The Kier molecular flexibility index (Phi) is 7.96. The van der Waals surface area contributed by atoms with Gasteiger partial charge in [-0.1, -0.05) is 20.8 Å². The van der Waals surface area contributed by atoms with Crippen LogP contribution >= 0.6 is 0 Å². The summed E-state index contributed by atoms with van der Waals surface area (Å²) in [6, 6.07) is 1.57. The van der Waals surface area contributed by atoms with Crippen molar-refractivity contribution in [3.05, 3.63) is 0 Å². The molecule has 0 radical (unpaired) electrons. The van der Waals surface area contributed by atoms with Gasteiger partial charge in [0.25, 0.3) is 0 Å². The molecule has 1 aliphatic carbocycles. The van der Waals surface area contributed by atoms with Crippen LogP contribution in [0.4, 0.5) is 0 Å². The van der Waals surface area contributed by atoms with Crippen LogP contribution in [-0.2, 0) is 0 Å². The van der Waals surface area contributed by atoms with E-state index in [1.807, 2.05) is 0 Å². The molecular weight excluding hydrogens is 234 g/mol. The van der Waals surface area contributed by atoms with Crippen molar-refractivity contribution in [3.63, 3.8) is 0 Å². The van der Waals surface area contributed by atoms with E-state index in [2.05, 4.69) is 50.0 Å². The van der Waals surface area contributed by atoms with E-state index in [9.17, 15) is 0 Å². The van der Waals surface area contributed by atoms with Crippen molar-refractivity contribution in [2.24, 2.45) is 5.92 Å². The van der Waals surface area contributed by atoms with E-state index in [4.69, 9.17) is 0 Å². The van der Waals surface area contributed by atoms with Gasteiger partial charge in [0.15, 0.2) is 0 Å². The van der Waals surface area contributed by atoms with Crippen LogP contribution in [-0.4, -0.2) is 62.2 Å². The molecule has 0 bridgehead atoms. The van der Waals surface area contributed by atoms with E-state index < -0.39 is 0 Å². The maximum Gasteiger partial charge on any atom is 0.0112 e. The molecule has 2 unspecified atom stereocenters. The Morgan fingerprint density at radius 1 is 1.16 bits per heavy atom. The van der Waals surface area contributed by atoms with Gasteiger partial charge in [0.1, 0.15) is 0 Å². The van der Waals surface area contributed by atoms with Crippen molar-refractivity contribution < 1.29 is 0 Å². The van der Waals surface area contributed by atoms with Crippen molar-refractivity contribution in [1.29, 1.82) is 0 Å². The average molecular weight is 269 g/mol. The molecule has 1 fully saturated rings. The van der Waals surface area contributed by atoms with E-state index in [0.29, 0.717) is 0 Å². The number of rotatable bonds is 9. The molecule has 0 aromatic rings. The zero-order chi connectivity index (χ0) is 14.3. The van der Waals surface area contributed by atoms with Gasteiger partial charge in [-0.25, -0.2) is 0 Å². The zero-order valence-corrected chi connectivity index (χ0v) is 13.8. The molecule has 0 heterocycles. The Labute approximate surface area is 120 Å². The fourth-order valence-electron chi connectivity index (χ4n) is 3.04. The summed E-state index contributed by atoms with van der Waals surface area (Å²) in [6.45, 7) is 11.8. The van der Waals surface area contributed by atoms with E-state index in [1.54, 1.807) is 0 Å². The summed E-state index contributed by atoms with van der Waals surface area (Å²) in [7, 11) is 4.35. The minimum absolute atomic E-state index is 0.763. The maximum absolute atomic E-state index is 3.70. The molecule has 0 saturated heterocycles. The number of likely N-dealkylation sites (N-methyl/N-ethyl adjacent to an activating group) is 1. The summed E-state index contributed by atoms with van der Waals surface area (Å²) in [5.74, 6) is 0.768. The van der Waals surface area contributed by atoms with E-state index in [1.165, 1.54) is 51.9 Å². The van der Waals surface area contributed by atoms with Crippen LogP contribution in [0, 0.1) is 5.92 Å². The van der Waals surface area contributed by atoms with Gasteiger partial charge in [-0.3, -0.25) is 4.90 Å². The first-order valence-corrected chi connectivity index (χ1v) is 8.15. The van der Waals surface area contributed by atoms with Gasteiger partial charge in [-0.15, -0.1) is 0 Å². The van der Waals surface area contributed by atoms with Gasteiger partial charge < -0.3 is 10.2 Å². The Morgan fingerprint density at radius 3 is 2.47 bits per heavy atom. The molecule has 1 aliphatic rings. The molecule has 0 aliphatic heterocycles. The van der Waals surface area contributed by atoms with Crippen LogP contribution in [0.25, 0.3) is 0 Å². The molecule has 1 rings (SSSR count). The van der Waals surface area contributed by atoms with Crippen LogP contribution in [0.3, 0.4) is 0 Å². The molecular formula is C16H35N3. The first-order chi connectivity index (χ1) is 9.02. The molecule has 0 spiro atoms. The first kappa shape index (κ1) is 16.9. The number of hydrogen-bond donors (Lipinski definition) is 1. The van der Waals surface area contributed by atoms with Gasteiger partial charge in [0.2, 0.25) is 0 Å². The summed E-state index contributed by atoms with van der Waals surface area (Å²) in [5.41, 5.74) is 0. The minimum Gasteiger partial charge on any atom is -0.314 e. The lowest BCUT2D eigenvalue weighted by atomic mass is 10.1. The van der Waals surface area contributed by atoms with Gasteiger partial charge >= 0.3 is 0 Å². The van der Waals surface area contributed by atoms with Gasteiger partial charge in [-0.2, -0.15) is 0 Å². The molecule has 114 valence electrons. The smallest absolute Gasteiger partial charge is 0.0112 e. The third-order valence-electron chi connectivity index (χ3n) is 4.04. The summed E-state index contributed by atoms with van der Waals surface area (Å²) in [6.07, 6.45) is 5.33. The summed E-state index contributed by atoms with van der Waals surface area (Å²) >= 11 is 0. The SMILES string of the molecule is CCCNC1CCC(N(CCN(C)C)CC(C)C)C1. The van der Waals surface area contributed by atoms with Crippen molar-refractivity contribution >= 4 is 0 Å². The number of nitrogens with zero attached hydrogens (tertiary/aromatic N) is 2. The molecule has 1 saturated carbocycles. The standard InChI is InChI=1S/C16H35N3/c1-6-9-17-15-7-8-16(12-15)19(13-14(2)3)11-10-18(4)5/h14-17H,6-13H2,1-5H3. The molecule has 19 heavy (non-hydrogen) atoms. The van der Waals surface area contributed by atoms with E-state index in [0.717, 1.165) is 18.0 Å². The number of hydrogen-bond acceptors (Lipinski definition) is 3. The summed E-state index contributed by atoms with van der Waals surface area (Å²) < 4.78 is 0. The van der Waals surface area contributed by atoms with Crippen molar-refractivity contribution in [2.75, 3.05) is 40.3 Å². The van der Waals surface area contributed by atoms with Crippen LogP contribution in [0.1, 0.15) is 46.5 Å². The lowest BCUT2D eigenvalue weighted by Crippen LogP contribution is -2.41. The molecule has 3 nitrogen and oxygen atoms in total. The third kappa shape index (κ3) is 6.73. The highest BCUT2D eigenvalue weighted by Crippen LogP contribution is 2.25. The summed E-state index contributed by atoms with van der Waals surface area (Å²) in [4.78, 5) is 5.04. The molecule has 0 aromatic carbocycles. The number of nitrogens with one attached hydrogen (secondary N) is 1. The fraction of sp³-hybridized carbons (Fsp3) is 1.00. The average Bonchev–Trinajstić information content (AvgIpc) is 2.80. The maximum atomic E-state index is 3.70. The van der Waals surface area contributed by atoms with Gasteiger partial charge in [0, 0.05) is 31.7 Å². The van der Waals surface area contributed by atoms with Crippen LogP contribution in [0.15, 0.2) is 0 Å². The Balaban J connectivity index is 2.41. The molecule has 0 amide bonds. The normalized spacial score (nSPS) is 24.0. The predicted octanol–water partition coefficient (Wildman–Crippen LogP) is 2.43. The highest BCUT2D eigenvalue weighted by Gasteiger charge is 2.28. The van der Waals surface area contributed by atoms with Crippen LogP contribution < -0.4 is 5.32 Å². The third-order valence-corrected chi connectivity index (χ3v) is 4.04. The van der Waals surface area contributed by atoms with Crippen molar-refractivity contribution in [3.8, 4) is 0 Å². The van der Waals surface area contributed by atoms with E-state index in [-0.39, 0.29) is 0 Å². The predicted molar refractivity (Wildman–Crippen MR) is 84.7 cm³/mol. The minimum atomic E-state index is 0.763.